The summed E-state index contributed by atoms with van der Waals surface area (Å²) in [6, 6.07) is 6.42. The minimum absolute atomic E-state index is 0.177. The molecule has 2 unspecified atom stereocenters. The predicted octanol–water partition coefficient (Wildman–Crippen LogP) is 4.55. The van der Waals surface area contributed by atoms with Crippen molar-refractivity contribution in [1.82, 2.24) is 25.5 Å². The standard InChI is InChI=1S/C24H26FN5O2/c1-4-10-24(28-20(31)19-9-8-18(25)14-27-19)12-11-23(5-2,15-24)22-30-29-21(32-22)17-7-6-16(3)26-13-17/h4,6-9,13-14H,1,5,10-12,15H2,2-3H3,(H,28,31). The van der Waals surface area contributed by atoms with E-state index in [9.17, 15) is 9.18 Å². The first-order chi connectivity index (χ1) is 15.4. The molecule has 32 heavy (non-hydrogen) atoms. The van der Waals surface area contributed by atoms with Gasteiger partial charge in [-0.1, -0.05) is 13.0 Å². The molecule has 1 aliphatic rings. The molecule has 0 spiro atoms. The van der Waals surface area contributed by atoms with Gasteiger partial charge in [-0.3, -0.25) is 9.78 Å². The molecule has 166 valence electrons. The predicted molar refractivity (Wildman–Crippen MR) is 117 cm³/mol. The molecule has 3 aromatic rings. The Morgan fingerprint density at radius 1 is 1.22 bits per heavy atom. The zero-order valence-corrected chi connectivity index (χ0v) is 18.3. The number of nitrogens with one attached hydrogen (secondary N) is 1. The van der Waals surface area contributed by atoms with E-state index in [0.29, 0.717) is 24.6 Å². The lowest BCUT2D eigenvalue weighted by Gasteiger charge is -2.32. The number of pyridine rings is 2. The van der Waals surface area contributed by atoms with E-state index >= 15 is 0 Å². The lowest BCUT2D eigenvalue weighted by Crippen LogP contribution is -2.47. The largest absolute Gasteiger partial charge is 0.420 e. The average Bonchev–Trinajstić information content (AvgIpc) is 3.42. The topological polar surface area (TPSA) is 93.8 Å². The lowest BCUT2D eigenvalue weighted by atomic mass is 9.80. The number of aromatic nitrogens is 4. The summed E-state index contributed by atoms with van der Waals surface area (Å²) in [5.74, 6) is 0.177. The Balaban J connectivity index is 1.59. The fourth-order valence-electron chi connectivity index (χ4n) is 4.51. The van der Waals surface area contributed by atoms with Gasteiger partial charge in [-0.05, 0) is 63.3 Å². The van der Waals surface area contributed by atoms with Crippen molar-refractivity contribution in [3.8, 4) is 11.5 Å². The van der Waals surface area contributed by atoms with Crippen LogP contribution in [0.1, 0.15) is 61.1 Å². The number of carbonyl (C=O) groups is 1. The molecule has 1 saturated carbocycles. The Hall–Kier alpha value is -3.42. The van der Waals surface area contributed by atoms with Gasteiger partial charge in [0, 0.05) is 17.4 Å². The van der Waals surface area contributed by atoms with Crippen LogP contribution in [0.4, 0.5) is 4.39 Å². The SMILES string of the molecule is C=CCC1(NC(=O)c2ccc(F)cn2)CCC(CC)(c2nnc(-c3ccc(C)nc3)o2)C1. The van der Waals surface area contributed by atoms with E-state index < -0.39 is 11.4 Å². The van der Waals surface area contributed by atoms with Crippen LogP contribution in [-0.4, -0.2) is 31.6 Å². The summed E-state index contributed by atoms with van der Waals surface area (Å²) >= 11 is 0. The van der Waals surface area contributed by atoms with Crippen molar-refractivity contribution < 1.29 is 13.6 Å². The number of hydrogen-bond donors (Lipinski definition) is 1. The zero-order chi connectivity index (χ0) is 22.8. The Labute approximate surface area is 186 Å². The van der Waals surface area contributed by atoms with Gasteiger partial charge in [0.15, 0.2) is 0 Å². The minimum atomic E-state index is -0.523. The molecule has 7 nitrogen and oxygen atoms in total. The minimum Gasteiger partial charge on any atom is -0.420 e. The molecular weight excluding hydrogens is 409 g/mol. The number of amides is 1. The molecule has 1 N–H and O–H groups in total. The highest BCUT2D eigenvalue weighted by Crippen LogP contribution is 2.49. The van der Waals surface area contributed by atoms with E-state index in [1.807, 2.05) is 19.1 Å². The molecule has 3 heterocycles. The normalized spacial score (nSPS) is 22.6. The summed E-state index contributed by atoms with van der Waals surface area (Å²) in [5, 5.41) is 11.8. The van der Waals surface area contributed by atoms with E-state index in [4.69, 9.17) is 4.42 Å². The molecule has 1 amide bonds. The third-order valence-electron chi connectivity index (χ3n) is 6.35. The van der Waals surface area contributed by atoms with Crippen LogP contribution in [0, 0.1) is 12.7 Å². The molecule has 0 bridgehead atoms. The highest BCUT2D eigenvalue weighted by molar-refractivity contribution is 5.92. The second-order valence-electron chi connectivity index (χ2n) is 8.50. The quantitative estimate of drug-likeness (QED) is 0.547. The maximum Gasteiger partial charge on any atom is 0.270 e. The molecule has 0 radical (unpaired) electrons. The summed E-state index contributed by atoms with van der Waals surface area (Å²) in [5.41, 5.74) is 0.971. The van der Waals surface area contributed by atoms with Gasteiger partial charge in [0.2, 0.25) is 11.8 Å². The summed E-state index contributed by atoms with van der Waals surface area (Å²) in [6.45, 7) is 7.89. The van der Waals surface area contributed by atoms with Gasteiger partial charge in [-0.2, -0.15) is 0 Å². The highest BCUT2D eigenvalue weighted by atomic mass is 19.1. The number of hydrogen-bond acceptors (Lipinski definition) is 6. The smallest absolute Gasteiger partial charge is 0.270 e. The van der Waals surface area contributed by atoms with Gasteiger partial charge in [0.05, 0.1) is 17.2 Å². The first-order valence-corrected chi connectivity index (χ1v) is 10.7. The van der Waals surface area contributed by atoms with Crippen molar-refractivity contribution in [2.45, 2.75) is 56.9 Å². The van der Waals surface area contributed by atoms with Gasteiger partial charge in [0.1, 0.15) is 11.5 Å². The molecule has 4 rings (SSSR count). The number of halogens is 1. The van der Waals surface area contributed by atoms with E-state index in [2.05, 4.69) is 39.0 Å². The van der Waals surface area contributed by atoms with Gasteiger partial charge in [0.25, 0.3) is 5.91 Å². The van der Waals surface area contributed by atoms with Crippen molar-refractivity contribution in [2.24, 2.45) is 0 Å². The maximum absolute atomic E-state index is 13.2. The Morgan fingerprint density at radius 2 is 2.06 bits per heavy atom. The first-order valence-electron chi connectivity index (χ1n) is 10.7. The molecular formula is C24H26FN5O2. The summed E-state index contributed by atoms with van der Waals surface area (Å²) in [7, 11) is 0. The van der Waals surface area contributed by atoms with Gasteiger partial charge < -0.3 is 9.73 Å². The molecule has 2 atom stereocenters. The Bertz CT molecular complexity index is 1110. The van der Waals surface area contributed by atoms with Crippen molar-refractivity contribution in [3.63, 3.8) is 0 Å². The first kappa shape index (κ1) is 21.8. The molecule has 8 heteroatoms. The van der Waals surface area contributed by atoms with Gasteiger partial charge in [-0.15, -0.1) is 16.8 Å². The fourth-order valence-corrected chi connectivity index (χ4v) is 4.51. The summed E-state index contributed by atoms with van der Waals surface area (Å²) in [4.78, 5) is 21.1. The third-order valence-corrected chi connectivity index (χ3v) is 6.35. The molecule has 1 aliphatic carbocycles. The second-order valence-corrected chi connectivity index (χ2v) is 8.50. The number of aryl methyl sites for hydroxylation is 1. The molecule has 1 fully saturated rings. The van der Waals surface area contributed by atoms with E-state index in [1.165, 1.54) is 12.1 Å². The van der Waals surface area contributed by atoms with Crippen LogP contribution in [0.3, 0.4) is 0 Å². The van der Waals surface area contributed by atoms with Crippen molar-refractivity contribution in [3.05, 3.63) is 72.4 Å². The maximum atomic E-state index is 13.2. The van der Waals surface area contributed by atoms with Crippen LogP contribution in [0.2, 0.25) is 0 Å². The zero-order valence-electron chi connectivity index (χ0n) is 18.3. The van der Waals surface area contributed by atoms with Gasteiger partial charge >= 0.3 is 0 Å². The Morgan fingerprint density at radius 3 is 2.72 bits per heavy atom. The summed E-state index contributed by atoms with van der Waals surface area (Å²) < 4.78 is 19.3. The van der Waals surface area contributed by atoms with E-state index in [1.54, 1.807) is 12.3 Å². The van der Waals surface area contributed by atoms with Crippen LogP contribution in [-0.2, 0) is 5.41 Å². The van der Waals surface area contributed by atoms with E-state index in [0.717, 1.165) is 36.7 Å². The second kappa shape index (κ2) is 8.61. The summed E-state index contributed by atoms with van der Waals surface area (Å²) in [6.07, 6.45) is 8.07. The van der Waals surface area contributed by atoms with Crippen LogP contribution >= 0.6 is 0 Å². The van der Waals surface area contributed by atoms with Crippen molar-refractivity contribution in [1.29, 1.82) is 0 Å². The number of nitrogens with zero attached hydrogens (tertiary/aromatic N) is 4. The molecule has 0 saturated heterocycles. The molecule has 0 aliphatic heterocycles. The fraction of sp³-hybridized carbons (Fsp3) is 0.375. The molecule has 3 aromatic heterocycles. The third kappa shape index (κ3) is 4.17. The highest BCUT2D eigenvalue weighted by Gasteiger charge is 2.51. The Kier molecular flexibility index (Phi) is 5.86. The molecule has 0 aromatic carbocycles. The monoisotopic (exact) mass is 435 g/mol. The number of carbonyl (C=O) groups excluding carboxylic acids is 1. The van der Waals surface area contributed by atoms with Crippen LogP contribution in [0.25, 0.3) is 11.5 Å². The van der Waals surface area contributed by atoms with Crippen LogP contribution in [0.15, 0.2) is 53.7 Å². The van der Waals surface area contributed by atoms with Crippen molar-refractivity contribution >= 4 is 5.91 Å². The lowest BCUT2D eigenvalue weighted by molar-refractivity contribution is 0.0890. The van der Waals surface area contributed by atoms with Crippen LogP contribution < -0.4 is 5.32 Å². The van der Waals surface area contributed by atoms with Crippen molar-refractivity contribution in [2.75, 3.05) is 0 Å². The van der Waals surface area contributed by atoms with Crippen LogP contribution in [0.5, 0.6) is 0 Å². The number of rotatable bonds is 7. The average molecular weight is 436 g/mol. The van der Waals surface area contributed by atoms with E-state index in [-0.39, 0.29) is 17.0 Å². The van der Waals surface area contributed by atoms with Gasteiger partial charge in [-0.25, -0.2) is 9.37 Å².